The van der Waals surface area contributed by atoms with E-state index in [9.17, 15) is 14.2 Å². The predicted octanol–water partition coefficient (Wildman–Crippen LogP) is -1.12. The van der Waals surface area contributed by atoms with Gasteiger partial charge in [0.15, 0.2) is 0 Å². The van der Waals surface area contributed by atoms with Gasteiger partial charge in [0.25, 0.3) is 0 Å². The number of carboxylic acids is 1. The van der Waals surface area contributed by atoms with E-state index in [1.165, 1.54) is 0 Å². The molecule has 0 radical (unpaired) electrons. The average Bonchev–Trinajstić information content (AvgIpc) is 2.50. The van der Waals surface area contributed by atoms with Crippen molar-refractivity contribution >= 4 is 18.6 Å². The fourth-order valence-electron chi connectivity index (χ4n) is 1.93. The van der Waals surface area contributed by atoms with E-state index in [1.807, 2.05) is 0 Å². The van der Waals surface area contributed by atoms with Crippen LogP contribution in [0, 0.1) is 5.82 Å². The molecule has 1 aliphatic rings. The summed E-state index contributed by atoms with van der Waals surface area (Å²) in [4.78, 5) is 10.8. The third kappa shape index (κ3) is 3.03. The van der Waals surface area contributed by atoms with Gasteiger partial charge in [0.05, 0.1) is 6.61 Å². The van der Waals surface area contributed by atoms with Crippen LogP contribution in [0.25, 0.3) is 0 Å². The van der Waals surface area contributed by atoms with Crippen LogP contribution in [0.3, 0.4) is 0 Å². The molecule has 1 aliphatic heterocycles. The Bertz CT molecular complexity index is 498. The van der Waals surface area contributed by atoms with Crippen LogP contribution in [-0.2, 0) is 15.9 Å². The first-order chi connectivity index (χ1) is 8.99. The van der Waals surface area contributed by atoms with Gasteiger partial charge in [-0.15, -0.1) is 0 Å². The van der Waals surface area contributed by atoms with Crippen molar-refractivity contribution in [2.45, 2.75) is 12.5 Å². The van der Waals surface area contributed by atoms with E-state index < -0.39 is 24.9 Å². The number of carboxylic acid groups (broad SMARTS) is 1. The van der Waals surface area contributed by atoms with Gasteiger partial charge < -0.3 is 25.3 Å². The number of carbonyl (C=O) groups is 1. The van der Waals surface area contributed by atoms with Crippen LogP contribution < -0.4 is 15.9 Å². The minimum Gasteiger partial charge on any atom is -0.492 e. The maximum absolute atomic E-state index is 13.5. The molecule has 102 valence electrons. The van der Waals surface area contributed by atoms with Crippen molar-refractivity contribution in [2.24, 2.45) is 5.73 Å². The number of fused-ring (bicyclic) bond motifs is 1. The molecule has 0 unspecified atom stereocenters. The molecular weight excluding hydrogens is 256 g/mol. The number of halogens is 1. The smallest absolute Gasteiger partial charge is 0.492 e. The Balaban J connectivity index is 2.42. The van der Waals surface area contributed by atoms with E-state index in [0.29, 0.717) is 0 Å². The molecule has 19 heavy (non-hydrogen) atoms. The lowest BCUT2D eigenvalue weighted by Crippen LogP contribution is -2.40. The Labute approximate surface area is 109 Å². The summed E-state index contributed by atoms with van der Waals surface area (Å²) in [6, 6.07) is 1.06. The molecular formula is C11H13BFNO5. The molecule has 0 aromatic heterocycles. The highest BCUT2D eigenvalue weighted by molar-refractivity contribution is 6.61. The van der Waals surface area contributed by atoms with Gasteiger partial charge in [0.2, 0.25) is 0 Å². The highest BCUT2D eigenvalue weighted by atomic mass is 19.1. The third-order valence-corrected chi connectivity index (χ3v) is 2.81. The Hall–Kier alpha value is -1.64. The van der Waals surface area contributed by atoms with E-state index in [1.54, 1.807) is 0 Å². The minimum atomic E-state index is -1.28. The van der Waals surface area contributed by atoms with E-state index in [0.717, 1.165) is 12.1 Å². The molecule has 0 saturated heterocycles. The molecule has 6 nitrogen and oxygen atoms in total. The summed E-state index contributed by atoms with van der Waals surface area (Å²) in [5.74, 6) is -1.64. The molecule has 0 amide bonds. The average molecular weight is 269 g/mol. The molecule has 0 saturated carbocycles. The zero-order valence-corrected chi connectivity index (χ0v) is 10.0. The van der Waals surface area contributed by atoms with Crippen molar-refractivity contribution in [3.05, 3.63) is 23.5 Å². The van der Waals surface area contributed by atoms with Crippen molar-refractivity contribution in [1.82, 2.24) is 0 Å². The summed E-state index contributed by atoms with van der Waals surface area (Å²) in [6.07, 6.45) is -0.126. The van der Waals surface area contributed by atoms with Crippen LogP contribution in [0.2, 0.25) is 0 Å². The number of rotatable bonds is 3. The second kappa shape index (κ2) is 5.56. The van der Waals surface area contributed by atoms with Crippen LogP contribution in [0.4, 0.5) is 4.39 Å². The first-order valence-corrected chi connectivity index (χ1v) is 5.72. The molecule has 0 aliphatic carbocycles. The molecule has 1 atom stereocenters. The molecule has 0 bridgehead atoms. The van der Waals surface area contributed by atoms with Crippen LogP contribution in [0.1, 0.15) is 5.56 Å². The van der Waals surface area contributed by atoms with Gasteiger partial charge in [-0.1, -0.05) is 0 Å². The van der Waals surface area contributed by atoms with Crippen molar-refractivity contribution < 1.29 is 28.7 Å². The Morgan fingerprint density at radius 2 is 2.26 bits per heavy atom. The van der Waals surface area contributed by atoms with E-state index in [-0.39, 0.29) is 36.4 Å². The zero-order valence-electron chi connectivity index (χ0n) is 10.0. The van der Waals surface area contributed by atoms with Gasteiger partial charge in [-0.3, -0.25) is 4.79 Å². The standard InChI is InChI=1S/C11H13BFNO5/c13-7-3-6(4-8(14)11(15)16)10-9(5-7)18-1-2-19-12(10)17/h3,5,8,17H,1-2,4,14H2,(H,15,16)/t8-/m0/s1. The van der Waals surface area contributed by atoms with Gasteiger partial charge in [-0.25, -0.2) is 4.39 Å². The quantitative estimate of drug-likeness (QED) is 0.600. The Kier molecular flexibility index (Phi) is 4.03. The molecule has 4 N–H and O–H groups in total. The monoisotopic (exact) mass is 269 g/mol. The highest BCUT2D eigenvalue weighted by Crippen LogP contribution is 2.18. The number of nitrogens with two attached hydrogens (primary N) is 1. The minimum absolute atomic E-state index is 0.126. The third-order valence-electron chi connectivity index (χ3n) is 2.81. The predicted molar refractivity (Wildman–Crippen MR) is 64.8 cm³/mol. The summed E-state index contributed by atoms with van der Waals surface area (Å²) in [6.45, 7) is 0.333. The van der Waals surface area contributed by atoms with Crippen LogP contribution in [0.5, 0.6) is 5.75 Å². The summed E-state index contributed by atoms with van der Waals surface area (Å²) in [5.41, 5.74) is 5.93. The van der Waals surface area contributed by atoms with Crippen LogP contribution >= 0.6 is 0 Å². The Morgan fingerprint density at radius 1 is 1.53 bits per heavy atom. The van der Waals surface area contributed by atoms with Gasteiger partial charge in [-0.05, 0) is 18.1 Å². The molecule has 8 heteroatoms. The van der Waals surface area contributed by atoms with Gasteiger partial charge in [-0.2, -0.15) is 0 Å². The lowest BCUT2D eigenvalue weighted by molar-refractivity contribution is -0.138. The summed E-state index contributed by atoms with van der Waals surface area (Å²) in [5, 5.41) is 18.6. The van der Waals surface area contributed by atoms with E-state index in [4.69, 9.17) is 20.2 Å². The van der Waals surface area contributed by atoms with E-state index >= 15 is 0 Å². The lowest BCUT2D eigenvalue weighted by atomic mass is 9.74. The van der Waals surface area contributed by atoms with E-state index in [2.05, 4.69) is 0 Å². The fourth-order valence-corrected chi connectivity index (χ4v) is 1.93. The first kappa shape index (κ1) is 13.8. The number of hydrogen-bond acceptors (Lipinski definition) is 5. The topological polar surface area (TPSA) is 102 Å². The number of ether oxygens (including phenoxy) is 1. The molecule has 1 aromatic carbocycles. The first-order valence-electron chi connectivity index (χ1n) is 5.72. The second-order valence-corrected chi connectivity index (χ2v) is 4.20. The molecule has 2 rings (SSSR count). The molecule has 0 spiro atoms. The highest BCUT2D eigenvalue weighted by Gasteiger charge is 2.29. The molecule has 1 heterocycles. The van der Waals surface area contributed by atoms with Crippen molar-refractivity contribution in [3.8, 4) is 5.75 Å². The van der Waals surface area contributed by atoms with Crippen molar-refractivity contribution in [3.63, 3.8) is 0 Å². The fraction of sp³-hybridized carbons (Fsp3) is 0.364. The van der Waals surface area contributed by atoms with Gasteiger partial charge in [0.1, 0.15) is 24.2 Å². The number of aliphatic carboxylic acids is 1. The van der Waals surface area contributed by atoms with Crippen molar-refractivity contribution in [1.29, 1.82) is 0 Å². The number of hydrogen-bond donors (Lipinski definition) is 3. The summed E-state index contributed by atoms with van der Waals surface area (Å²) in [7, 11) is -1.28. The maximum Gasteiger partial charge on any atom is 0.495 e. The van der Waals surface area contributed by atoms with Gasteiger partial charge in [0, 0.05) is 11.5 Å². The number of benzene rings is 1. The molecule has 1 aromatic rings. The lowest BCUT2D eigenvalue weighted by Gasteiger charge is -2.15. The van der Waals surface area contributed by atoms with Gasteiger partial charge >= 0.3 is 13.1 Å². The van der Waals surface area contributed by atoms with Crippen LogP contribution in [-0.4, -0.2) is 42.5 Å². The largest absolute Gasteiger partial charge is 0.495 e. The van der Waals surface area contributed by atoms with Crippen molar-refractivity contribution in [2.75, 3.05) is 13.2 Å². The normalized spacial score (nSPS) is 16.3. The summed E-state index contributed by atoms with van der Waals surface area (Å²) < 4.78 is 23.8. The maximum atomic E-state index is 13.5. The van der Waals surface area contributed by atoms with Crippen LogP contribution in [0.15, 0.2) is 12.1 Å². The SMILES string of the molecule is N[C@@H](Cc1cc(F)cc2c1B(O)OCCO2)C(=O)O. The molecule has 0 fully saturated rings. The Morgan fingerprint density at radius 3 is 2.95 bits per heavy atom. The summed E-state index contributed by atoms with van der Waals surface area (Å²) >= 11 is 0. The second-order valence-electron chi connectivity index (χ2n) is 4.20. The zero-order chi connectivity index (χ0) is 14.0.